The maximum atomic E-state index is 12.9. The fourth-order valence-corrected chi connectivity index (χ4v) is 1.54. The molecule has 0 aliphatic rings. The Morgan fingerprint density at radius 2 is 1.76 bits per heavy atom. The van der Waals surface area contributed by atoms with Crippen LogP contribution in [0.15, 0.2) is 18.2 Å². The van der Waals surface area contributed by atoms with Gasteiger partial charge < -0.3 is 10.1 Å². The molecule has 0 saturated carbocycles. The van der Waals surface area contributed by atoms with E-state index in [9.17, 15) is 26.7 Å². The predicted molar refractivity (Wildman–Crippen MR) is 64.6 cm³/mol. The Kier molecular flexibility index (Phi) is 6.54. The highest BCUT2D eigenvalue weighted by Crippen LogP contribution is 2.14. The molecule has 1 N–H and O–H groups in total. The van der Waals surface area contributed by atoms with E-state index in [1.54, 1.807) is 0 Å². The maximum Gasteiger partial charge on any atom is 0.411 e. The molecule has 0 saturated heterocycles. The van der Waals surface area contributed by atoms with Gasteiger partial charge in [0, 0.05) is 19.0 Å². The van der Waals surface area contributed by atoms with Crippen LogP contribution in [0.25, 0.3) is 0 Å². The van der Waals surface area contributed by atoms with E-state index in [0.29, 0.717) is 5.56 Å². The summed E-state index contributed by atoms with van der Waals surface area (Å²) in [4.78, 5) is 11.3. The van der Waals surface area contributed by atoms with Gasteiger partial charge in [0.25, 0.3) is 0 Å². The Labute approximate surface area is 118 Å². The molecule has 1 rings (SSSR count). The third kappa shape index (κ3) is 8.23. The average Bonchev–Trinajstić information content (AvgIpc) is 2.32. The standard InChI is InChI=1S/C13H14F5NO2/c14-10-5-9(6-11(15)7-10)1-3-19-12(20)2-4-21-8-13(16,17)18/h5-7H,1-4,8H2,(H,19,20). The summed E-state index contributed by atoms with van der Waals surface area (Å²) in [5.74, 6) is -1.91. The summed E-state index contributed by atoms with van der Waals surface area (Å²) in [6.07, 6.45) is -4.42. The second-order valence-electron chi connectivity index (χ2n) is 4.30. The first-order valence-electron chi connectivity index (χ1n) is 6.12. The zero-order valence-electron chi connectivity index (χ0n) is 11.0. The first-order chi connectivity index (χ1) is 9.76. The number of nitrogens with one attached hydrogen (secondary N) is 1. The number of halogens is 5. The summed E-state index contributed by atoms with van der Waals surface area (Å²) in [6.45, 7) is -1.62. The molecule has 0 spiro atoms. The fourth-order valence-electron chi connectivity index (χ4n) is 1.54. The minimum absolute atomic E-state index is 0.126. The van der Waals surface area contributed by atoms with Crippen molar-refractivity contribution in [2.24, 2.45) is 0 Å². The number of alkyl halides is 3. The molecule has 1 aromatic carbocycles. The lowest BCUT2D eigenvalue weighted by molar-refractivity contribution is -0.174. The van der Waals surface area contributed by atoms with Crippen molar-refractivity contribution in [3.8, 4) is 0 Å². The van der Waals surface area contributed by atoms with Crippen molar-refractivity contribution in [2.45, 2.75) is 19.0 Å². The molecule has 0 unspecified atom stereocenters. The lowest BCUT2D eigenvalue weighted by Gasteiger charge is -2.08. The smallest absolute Gasteiger partial charge is 0.372 e. The molecule has 3 nitrogen and oxygen atoms in total. The van der Waals surface area contributed by atoms with Crippen LogP contribution in [0.4, 0.5) is 22.0 Å². The summed E-state index contributed by atoms with van der Waals surface area (Å²) in [5, 5.41) is 2.42. The summed E-state index contributed by atoms with van der Waals surface area (Å²) in [7, 11) is 0. The zero-order valence-corrected chi connectivity index (χ0v) is 11.0. The van der Waals surface area contributed by atoms with Crippen molar-refractivity contribution in [1.29, 1.82) is 0 Å². The summed E-state index contributed by atoms with van der Waals surface area (Å²) >= 11 is 0. The number of hydrogen-bond acceptors (Lipinski definition) is 2. The van der Waals surface area contributed by atoms with Gasteiger partial charge >= 0.3 is 6.18 Å². The second-order valence-corrected chi connectivity index (χ2v) is 4.30. The van der Waals surface area contributed by atoms with Gasteiger partial charge in [-0.25, -0.2) is 8.78 Å². The number of hydrogen-bond donors (Lipinski definition) is 1. The highest BCUT2D eigenvalue weighted by atomic mass is 19.4. The van der Waals surface area contributed by atoms with Crippen LogP contribution in [0.3, 0.4) is 0 Å². The molecule has 0 aromatic heterocycles. The fraction of sp³-hybridized carbons (Fsp3) is 0.462. The first-order valence-corrected chi connectivity index (χ1v) is 6.12. The molecule has 0 bridgehead atoms. The van der Waals surface area contributed by atoms with Crippen molar-refractivity contribution >= 4 is 5.91 Å². The molecule has 0 aliphatic carbocycles. The quantitative estimate of drug-likeness (QED) is 0.621. The maximum absolute atomic E-state index is 12.9. The Morgan fingerprint density at radius 1 is 1.14 bits per heavy atom. The topological polar surface area (TPSA) is 38.3 Å². The number of carbonyl (C=O) groups excluding carboxylic acids is 1. The van der Waals surface area contributed by atoms with Crippen molar-refractivity contribution in [2.75, 3.05) is 19.8 Å². The SMILES string of the molecule is O=C(CCOCC(F)(F)F)NCCc1cc(F)cc(F)c1. The molecule has 8 heteroatoms. The van der Waals surface area contributed by atoms with Crippen molar-refractivity contribution < 1.29 is 31.5 Å². The van der Waals surface area contributed by atoms with Gasteiger partial charge in [0.05, 0.1) is 6.61 Å². The zero-order chi connectivity index (χ0) is 15.9. The predicted octanol–water partition coefficient (Wildman–Crippen LogP) is 2.59. The molecule has 0 fully saturated rings. The molecule has 21 heavy (non-hydrogen) atoms. The molecule has 1 amide bonds. The van der Waals surface area contributed by atoms with Crippen LogP contribution in [0.5, 0.6) is 0 Å². The van der Waals surface area contributed by atoms with Gasteiger partial charge in [0.15, 0.2) is 0 Å². The van der Waals surface area contributed by atoms with Gasteiger partial charge in [0.1, 0.15) is 18.2 Å². The van der Waals surface area contributed by atoms with Gasteiger partial charge in [-0.05, 0) is 24.1 Å². The molecular weight excluding hydrogens is 297 g/mol. The van der Waals surface area contributed by atoms with Crippen LogP contribution in [0.1, 0.15) is 12.0 Å². The molecule has 118 valence electrons. The van der Waals surface area contributed by atoms with Crippen LogP contribution in [0, 0.1) is 11.6 Å². The van der Waals surface area contributed by atoms with E-state index in [1.165, 1.54) is 0 Å². The van der Waals surface area contributed by atoms with E-state index in [-0.39, 0.29) is 26.0 Å². The molecule has 0 atom stereocenters. The van der Waals surface area contributed by atoms with Crippen LogP contribution in [0.2, 0.25) is 0 Å². The lowest BCUT2D eigenvalue weighted by atomic mass is 10.1. The Balaban J connectivity index is 2.18. The van der Waals surface area contributed by atoms with E-state index in [0.717, 1.165) is 18.2 Å². The first kappa shape index (κ1) is 17.4. The van der Waals surface area contributed by atoms with Crippen LogP contribution in [-0.2, 0) is 16.0 Å². The summed E-state index contributed by atoms with van der Waals surface area (Å²) in [6, 6.07) is 3.02. The largest absolute Gasteiger partial charge is 0.411 e. The van der Waals surface area contributed by atoms with Crippen molar-refractivity contribution in [3.63, 3.8) is 0 Å². The van der Waals surface area contributed by atoms with Gasteiger partial charge in [-0.3, -0.25) is 4.79 Å². The van der Waals surface area contributed by atoms with Gasteiger partial charge in [-0.2, -0.15) is 13.2 Å². The number of benzene rings is 1. The number of carbonyl (C=O) groups is 1. The third-order valence-electron chi connectivity index (χ3n) is 2.40. The summed E-state index contributed by atoms with van der Waals surface area (Å²) < 4.78 is 65.3. The Bertz CT molecular complexity index is 456. The van der Waals surface area contributed by atoms with Gasteiger partial charge in [-0.15, -0.1) is 0 Å². The number of amides is 1. The normalized spacial score (nSPS) is 11.5. The van der Waals surface area contributed by atoms with Crippen LogP contribution in [-0.4, -0.2) is 31.8 Å². The Morgan fingerprint density at radius 3 is 2.33 bits per heavy atom. The summed E-state index contributed by atoms with van der Waals surface area (Å²) in [5.41, 5.74) is 0.376. The molecule has 0 heterocycles. The van der Waals surface area contributed by atoms with E-state index < -0.39 is 30.3 Å². The molecule has 0 radical (unpaired) electrons. The van der Waals surface area contributed by atoms with E-state index in [2.05, 4.69) is 10.1 Å². The van der Waals surface area contributed by atoms with E-state index in [4.69, 9.17) is 0 Å². The lowest BCUT2D eigenvalue weighted by Crippen LogP contribution is -2.27. The Hall–Kier alpha value is -1.70. The molecular formula is C13H14F5NO2. The third-order valence-corrected chi connectivity index (χ3v) is 2.40. The molecule has 1 aromatic rings. The van der Waals surface area contributed by atoms with Crippen molar-refractivity contribution in [1.82, 2.24) is 5.32 Å². The minimum atomic E-state index is -4.42. The van der Waals surface area contributed by atoms with Crippen LogP contribution < -0.4 is 5.32 Å². The second kappa shape index (κ2) is 7.92. The number of ether oxygens (including phenoxy) is 1. The minimum Gasteiger partial charge on any atom is -0.372 e. The van der Waals surface area contributed by atoms with E-state index >= 15 is 0 Å². The van der Waals surface area contributed by atoms with Crippen molar-refractivity contribution in [3.05, 3.63) is 35.4 Å². The highest BCUT2D eigenvalue weighted by Gasteiger charge is 2.27. The van der Waals surface area contributed by atoms with Gasteiger partial charge in [0.2, 0.25) is 5.91 Å². The molecule has 0 aliphatic heterocycles. The monoisotopic (exact) mass is 311 g/mol. The number of rotatable bonds is 7. The van der Waals surface area contributed by atoms with Gasteiger partial charge in [-0.1, -0.05) is 0 Å². The average molecular weight is 311 g/mol. The van der Waals surface area contributed by atoms with Crippen LogP contribution >= 0.6 is 0 Å². The highest BCUT2D eigenvalue weighted by molar-refractivity contribution is 5.75. The van der Waals surface area contributed by atoms with E-state index in [1.807, 2.05) is 0 Å².